The van der Waals surface area contributed by atoms with Gasteiger partial charge in [-0.25, -0.2) is 0 Å². The molecule has 6 heteroatoms. The van der Waals surface area contributed by atoms with Gasteiger partial charge in [-0.3, -0.25) is 9.59 Å². The van der Waals surface area contributed by atoms with Crippen LogP contribution in [0.1, 0.15) is 0 Å². The summed E-state index contributed by atoms with van der Waals surface area (Å²) in [5, 5.41) is 2.67. The highest BCUT2D eigenvalue weighted by Gasteiger charge is 2.32. The van der Waals surface area contributed by atoms with E-state index >= 15 is 0 Å². The van der Waals surface area contributed by atoms with Crippen molar-refractivity contribution in [1.29, 1.82) is 0 Å². The largest absolute Gasteiger partial charge is 0.484 e. The van der Waals surface area contributed by atoms with Crippen molar-refractivity contribution in [3.8, 4) is 11.5 Å². The van der Waals surface area contributed by atoms with Crippen molar-refractivity contribution < 1.29 is 19.1 Å². The molecule has 0 spiro atoms. The van der Waals surface area contributed by atoms with Crippen LogP contribution in [-0.4, -0.2) is 38.1 Å². The third kappa shape index (κ3) is 3.48. The first-order chi connectivity index (χ1) is 11.6. The zero-order chi connectivity index (χ0) is 16.9. The van der Waals surface area contributed by atoms with Crippen molar-refractivity contribution in [3.05, 3.63) is 54.6 Å². The monoisotopic (exact) mass is 326 g/mol. The third-order valence-electron chi connectivity index (χ3n) is 3.70. The molecule has 1 atom stereocenters. The van der Waals surface area contributed by atoms with Crippen LogP contribution in [0.15, 0.2) is 54.6 Å². The second-order valence-electron chi connectivity index (χ2n) is 5.38. The lowest BCUT2D eigenvalue weighted by molar-refractivity contribution is -0.127. The highest BCUT2D eigenvalue weighted by atomic mass is 16.5. The lowest BCUT2D eigenvalue weighted by atomic mass is 10.2. The van der Waals surface area contributed by atoms with Crippen molar-refractivity contribution in [1.82, 2.24) is 5.32 Å². The van der Waals surface area contributed by atoms with E-state index in [0.29, 0.717) is 11.5 Å². The maximum atomic E-state index is 12.3. The molecule has 1 aliphatic rings. The van der Waals surface area contributed by atoms with Crippen molar-refractivity contribution in [2.75, 3.05) is 25.1 Å². The van der Waals surface area contributed by atoms with Gasteiger partial charge in [-0.05, 0) is 24.3 Å². The molecule has 3 rings (SSSR count). The summed E-state index contributed by atoms with van der Waals surface area (Å²) in [5.41, 5.74) is 0.720. The number of nitrogens with zero attached hydrogens (tertiary/aromatic N) is 1. The molecule has 0 aromatic heterocycles. The number of amides is 2. The molecule has 0 radical (unpaired) electrons. The maximum absolute atomic E-state index is 12.3. The van der Waals surface area contributed by atoms with Crippen LogP contribution >= 0.6 is 0 Å². The Kier molecular flexibility index (Phi) is 4.65. The van der Waals surface area contributed by atoms with Crippen LogP contribution in [0.2, 0.25) is 0 Å². The number of para-hydroxylation sites is 3. The minimum absolute atomic E-state index is 0.0918. The summed E-state index contributed by atoms with van der Waals surface area (Å²) in [6, 6.07) is 16.4. The Hall–Kier alpha value is -3.02. The van der Waals surface area contributed by atoms with Crippen LogP contribution in [-0.2, 0) is 9.59 Å². The molecule has 0 fully saturated rings. The van der Waals surface area contributed by atoms with E-state index in [9.17, 15) is 9.59 Å². The van der Waals surface area contributed by atoms with Gasteiger partial charge in [-0.2, -0.15) is 0 Å². The van der Waals surface area contributed by atoms with Gasteiger partial charge >= 0.3 is 0 Å². The molecule has 1 N–H and O–H groups in total. The maximum Gasteiger partial charge on any atom is 0.269 e. The zero-order valence-electron chi connectivity index (χ0n) is 13.3. The molecule has 6 nitrogen and oxygen atoms in total. The molecule has 1 heterocycles. The van der Waals surface area contributed by atoms with Gasteiger partial charge in [0.05, 0.1) is 12.2 Å². The lowest BCUT2D eigenvalue weighted by Gasteiger charge is -2.31. The van der Waals surface area contributed by atoms with Crippen LogP contribution < -0.4 is 19.7 Å². The first-order valence-electron chi connectivity index (χ1n) is 7.63. The number of benzene rings is 2. The Morgan fingerprint density at radius 1 is 1.17 bits per heavy atom. The topological polar surface area (TPSA) is 67.9 Å². The number of anilines is 1. The van der Waals surface area contributed by atoms with Gasteiger partial charge in [0.15, 0.2) is 12.7 Å². The summed E-state index contributed by atoms with van der Waals surface area (Å²) < 4.78 is 11.0. The van der Waals surface area contributed by atoms with Gasteiger partial charge in [0.1, 0.15) is 11.5 Å². The number of carbonyl (C=O) groups excluding carboxylic acids is 2. The van der Waals surface area contributed by atoms with Gasteiger partial charge in [0, 0.05) is 7.05 Å². The quantitative estimate of drug-likeness (QED) is 0.906. The number of hydrogen-bond donors (Lipinski definition) is 1. The van der Waals surface area contributed by atoms with Crippen LogP contribution in [0, 0.1) is 0 Å². The molecule has 124 valence electrons. The molecule has 0 saturated carbocycles. The van der Waals surface area contributed by atoms with E-state index in [-0.39, 0.29) is 25.0 Å². The van der Waals surface area contributed by atoms with E-state index in [1.54, 1.807) is 25.2 Å². The Bertz CT molecular complexity index is 733. The Labute approximate surface area is 140 Å². The van der Waals surface area contributed by atoms with Crippen LogP contribution in [0.4, 0.5) is 5.69 Å². The minimum atomic E-state index is -0.745. The minimum Gasteiger partial charge on any atom is -0.484 e. The Balaban J connectivity index is 1.53. The third-order valence-corrected chi connectivity index (χ3v) is 3.70. The molecule has 24 heavy (non-hydrogen) atoms. The SMILES string of the molecule is CN1C(=O)C(CNC(=O)COc2ccccc2)Oc2ccccc21. The van der Waals surface area contributed by atoms with Crippen molar-refractivity contribution in [2.45, 2.75) is 6.10 Å². The fourth-order valence-electron chi connectivity index (χ4n) is 2.42. The number of fused-ring (bicyclic) bond motifs is 1. The van der Waals surface area contributed by atoms with E-state index in [0.717, 1.165) is 5.69 Å². The van der Waals surface area contributed by atoms with E-state index < -0.39 is 6.10 Å². The van der Waals surface area contributed by atoms with Crippen LogP contribution in [0.25, 0.3) is 0 Å². The van der Waals surface area contributed by atoms with Crippen molar-refractivity contribution >= 4 is 17.5 Å². The summed E-state index contributed by atoms with van der Waals surface area (Å²) in [7, 11) is 1.69. The molecule has 2 aromatic rings. The molecule has 0 saturated heterocycles. The van der Waals surface area contributed by atoms with Gasteiger partial charge in [0.25, 0.3) is 11.8 Å². The van der Waals surface area contributed by atoms with Gasteiger partial charge in [-0.1, -0.05) is 30.3 Å². The molecular weight excluding hydrogens is 308 g/mol. The lowest BCUT2D eigenvalue weighted by Crippen LogP contribution is -2.50. The normalized spacial score (nSPS) is 16.1. The Morgan fingerprint density at radius 2 is 1.88 bits per heavy atom. The van der Waals surface area contributed by atoms with E-state index in [1.165, 1.54) is 4.90 Å². The number of hydrogen-bond acceptors (Lipinski definition) is 4. The van der Waals surface area contributed by atoms with Crippen LogP contribution in [0.3, 0.4) is 0 Å². The first kappa shape index (κ1) is 15.9. The smallest absolute Gasteiger partial charge is 0.269 e. The van der Waals surface area contributed by atoms with Crippen molar-refractivity contribution in [2.24, 2.45) is 0 Å². The zero-order valence-corrected chi connectivity index (χ0v) is 13.3. The number of ether oxygens (including phenoxy) is 2. The van der Waals surface area contributed by atoms with Gasteiger partial charge in [-0.15, -0.1) is 0 Å². The highest BCUT2D eigenvalue weighted by molar-refractivity contribution is 5.99. The first-order valence-corrected chi connectivity index (χ1v) is 7.63. The fourth-order valence-corrected chi connectivity index (χ4v) is 2.42. The second kappa shape index (κ2) is 7.04. The number of nitrogens with one attached hydrogen (secondary N) is 1. The predicted octanol–water partition coefficient (Wildman–Crippen LogP) is 1.61. The molecule has 2 amide bonds. The average Bonchev–Trinajstić information content (AvgIpc) is 2.62. The standard InChI is InChI=1S/C18H18N2O4/c1-20-14-9-5-6-10-15(14)24-16(18(20)22)11-19-17(21)12-23-13-7-3-2-4-8-13/h2-10,16H,11-12H2,1H3,(H,19,21). The second-order valence-corrected chi connectivity index (χ2v) is 5.38. The van der Waals surface area contributed by atoms with E-state index in [4.69, 9.17) is 9.47 Å². The van der Waals surface area contributed by atoms with Gasteiger partial charge in [0.2, 0.25) is 0 Å². The summed E-state index contributed by atoms with van der Waals surface area (Å²) in [4.78, 5) is 25.7. The molecular formula is C18H18N2O4. The van der Waals surface area contributed by atoms with Crippen molar-refractivity contribution in [3.63, 3.8) is 0 Å². The summed E-state index contributed by atoms with van der Waals surface area (Å²) in [6.45, 7) is -0.0220. The fraction of sp³-hybridized carbons (Fsp3) is 0.222. The van der Waals surface area contributed by atoms with Crippen LogP contribution in [0.5, 0.6) is 11.5 Å². The van der Waals surface area contributed by atoms with E-state index in [1.807, 2.05) is 36.4 Å². The molecule has 1 aliphatic heterocycles. The molecule has 0 aliphatic carbocycles. The molecule has 0 bridgehead atoms. The summed E-state index contributed by atoms with van der Waals surface area (Å²) in [6.07, 6.45) is -0.745. The number of likely N-dealkylation sites (N-methyl/N-ethyl adjacent to an activating group) is 1. The van der Waals surface area contributed by atoms with E-state index in [2.05, 4.69) is 5.32 Å². The number of rotatable bonds is 5. The number of carbonyl (C=O) groups is 2. The summed E-state index contributed by atoms with van der Waals surface area (Å²) >= 11 is 0. The summed E-state index contributed by atoms with van der Waals surface area (Å²) in [5.74, 6) is 0.737. The Morgan fingerprint density at radius 3 is 2.67 bits per heavy atom. The van der Waals surface area contributed by atoms with Gasteiger partial charge < -0.3 is 19.7 Å². The molecule has 1 unspecified atom stereocenters. The molecule has 2 aromatic carbocycles. The predicted molar refractivity (Wildman–Crippen MR) is 89.2 cm³/mol. The highest BCUT2D eigenvalue weighted by Crippen LogP contribution is 2.32. The average molecular weight is 326 g/mol.